The number of hydrogen-bond donors (Lipinski definition) is 3. The van der Waals surface area contributed by atoms with Gasteiger partial charge in [-0.1, -0.05) is 6.07 Å². The molecule has 76 valence electrons. The third kappa shape index (κ3) is 1.36. The van der Waals surface area contributed by atoms with E-state index in [1.165, 1.54) is 18.2 Å². The number of nitrogens with one attached hydrogen (secondary N) is 1. The molecule has 1 saturated heterocycles. The monoisotopic (exact) mass is 197 g/mol. The first-order valence-electron chi connectivity index (χ1n) is 4.54. The molecule has 1 aliphatic heterocycles. The molecule has 0 amide bonds. The molecule has 0 bridgehead atoms. The van der Waals surface area contributed by atoms with Gasteiger partial charge in [-0.2, -0.15) is 0 Å². The lowest BCUT2D eigenvalue weighted by molar-refractivity contribution is 0.0522. The maximum atomic E-state index is 13.4. The van der Waals surface area contributed by atoms with Gasteiger partial charge in [-0.05, 0) is 25.1 Å². The van der Waals surface area contributed by atoms with Crippen LogP contribution in [0.15, 0.2) is 18.2 Å². The van der Waals surface area contributed by atoms with Gasteiger partial charge < -0.3 is 15.5 Å². The van der Waals surface area contributed by atoms with Crippen molar-refractivity contribution in [3.63, 3.8) is 0 Å². The summed E-state index contributed by atoms with van der Waals surface area (Å²) in [5.41, 5.74) is -1.26. The summed E-state index contributed by atoms with van der Waals surface area (Å²) in [5, 5.41) is 22.5. The highest BCUT2D eigenvalue weighted by Gasteiger charge is 2.37. The van der Waals surface area contributed by atoms with Crippen molar-refractivity contribution in [2.24, 2.45) is 0 Å². The molecule has 1 heterocycles. The molecule has 1 aliphatic rings. The van der Waals surface area contributed by atoms with Crippen molar-refractivity contribution in [3.8, 4) is 5.75 Å². The van der Waals surface area contributed by atoms with E-state index in [9.17, 15) is 14.6 Å². The van der Waals surface area contributed by atoms with E-state index in [1.807, 2.05) is 0 Å². The van der Waals surface area contributed by atoms with Gasteiger partial charge in [-0.3, -0.25) is 0 Å². The first kappa shape index (κ1) is 9.43. The molecule has 3 nitrogen and oxygen atoms in total. The summed E-state index contributed by atoms with van der Waals surface area (Å²) in [6, 6.07) is 4.04. The molecule has 3 N–H and O–H groups in total. The number of β-amino-alcohol motifs (C(OH)–C–C–N with tert-alkyl or cyclic N) is 1. The first-order valence-corrected chi connectivity index (χ1v) is 4.54. The second kappa shape index (κ2) is 3.22. The zero-order valence-electron chi connectivity index (χ0n) is 7.63. The van der Waals surface area contributed by atoms with E-state index in [1.54, 1.807) is 0 Å². The molecule has 0 radical (unpaired) electrons. The molecule has 14 heavy (non-hydrogen) atoms. The highest BCUT2D eigenvalue weighted by molar-refractivity contribution is 5.39. The smallest absolute Gasteiger partial charge is 0.133 e. The Bertz CT molecular complexity index is 328. The van der Waals surface area contributed by atoms with Crippen LogP contribution in [0.2, 0.25) is 0 Å². The van der Waals surface area contributed by atoms with Crippen molar-refractivity contribution < 1.29 is 14.6 Å². The van der Waals surface area contributed by atoms with Crippen molar-refractivity contribution in [2.75, 3.05) is 13.1 Å². The molecule has 0 spiro atoms. The van der Waals surface area contributed by atoms with Crippen LogP contribution in [0.5, 0.6) is 5.75 Å². The van der Waals surface area contributed by atoms with E-state index in [-0.39, 0.29) is 17.9 Å². The molecule has 0 aromatic heterocycles. The van der Waals surface area contributed by atoms with Gasteiger partial charge in [0.1, 0.15) is 17.2 Å². The fraction of sp³-hybridized carbons (Fsp3) is 0.400. The van der Waals surface area contributed by atoms with Gasteiger partial charge in [-0.25, -0.2) is 4.39 Å². The summed E-state index contributed by atoms with van der Waals surface area (Å²) >= 11 is 0. The van der Waals surface area contributed by atoms with E-state index < -0.39 is 11.4 Å². The fourth-order valence-corrected chi connectivity index (χ4v) is 1.87. The van der Waals surface area contributed by atoms with Gasteiger partial charge in [0.15, 0.2) is 0 Å². The highest BCUT2D eigenvalue weighted by Crippen LogP contribution is 2.35. The van der Waals surface area contributed by atoms with Crippen molar-refractivity contribution in [2.45, 2.75) is 12.0 Å². The third-order valence-corrected chi connectivity index (χ3v) is 2.59. The molecule has 0 aliphatic carbocycles. The molecule has 2 rings (SSSR count). The number of aromatic hydroxyl groups is 1. The van der Waals surface area contributed by atoms with Crippen LogP contribution < -0.4 is 5.32 Å². The average Bonchev–Trinajstić information content (AvgIpc) is 2.52. The Kier molecular flexibility index (Phi) is 2.17. The number of halogens is 1. The van der Waals surface area contributed by atoms with Gasteiger partial charge in [0.05, 0.1) is 5.56 Å². The Hall–Kier alpha value is -1.13. The van der Waals surface area contributed by atoms with Gasteiger partial charge in [0.2, 0.25) is 0 Å². The Morgan fingerprint density at radius 3 is 2.79 bits per heavy atom. The summed E-state index contributed by atoms with van der Waals surface area (Å²) < 4.78 is 13.4. The zero-order chi connectivity index (χ0) is 10.2. The number of aliphatic hydroxyl groups is 1. The normalized spacial score (nSPS) is 26.7. The quantitative estimate of drug-likeness (QED) is 0.621. The molecule has 1 aromatic rings. The number of hydrogen-bond acceptors (Lipinski definition) is 3. The minimum atomic E-state index is -1.27. The van der Waals surface area contributed by atoms with Crippen LogP contribution in [0.25, 0.3) is 0 Å². The second-order valence-electron chi connectivity index (χ2n) is 3.59. The van der Waals surface area contributed by atoms with Crippen LogP contribution >= 0.6 is 0 Å². The van der Waals surface area contributed by atoms with Gasteiger partial charge in [-0.15, -0.1) is 0 Å². The zero-order valence-corrected chi connectivity index (χ0v) is 7.63. The number of phenols is 1. The molecule has 0 saturated carbocycles. The van der Waals surface area contributed by atoms with E-state index in [4.69, 9.17) is 0 Å². The summed E-state index contributed by atoms with van der Waals surface area (Å²) in [4.78, 5) is 0. The number of benzene rings is 1. The number of phenolic OH excluding ortho intramolecular Hbond substituents is 1. The number of rotatable bonds is 1. The van der Waals surface area contributed by atoms with Crippen molar-refractivity contribution >= 4 is 0 Å². The van der Waals surface area contributed by atoms with Gasteiger partial charge in [0, 0.05) is 6.54 Å². The third-order valence-electron chi connectivity index (χ3n) is 2.59. The first-order chi connectivity index (χ1) is 6.63. The molecule has 4 heteroatoms. The topological polar surface area (TPSA) is 52.5 Å². The lowest BCUT2D eigenvalue weighted by Crippen LogP contribution is -2.29. The molecule has 1 unspecified atom stereocenters. The van der Waals surface area contributed by atoms with Crippen LogP contribution in [-0.4, -0.2) is 23.3 Å². The standard InChI is InChI=1S/C10H12FNO2/c11-7-2-1-3-8(13)9(7)10(14)4-5-12-6-10/h1-3,12-14H,4-6H2. The van der Waals surface area contributed by atoms with E-state index >= 15 is 0 Å². The maximum Gasteiger partial charge on any atom is 0.133 e. The predicted molar refractivity (Wildman–Crippen MR) is 49.4 cm³/mol. The minimum Gasteiger partial charge on any atom is -0.507 e. The largest absolute Gasteiger partial charge is 0.507 e. The predicted octanol–water partition coefficient (Wildman–Crippen LogP) is 0.712. The summed E-state index contributed by atoms with van der Waals surface area (Å²) in [7, 11) is 0. The van der Waals surface area contributed by atoms with Crippen LogP contribution in [0.1, 0.15) is 12.0 Å². The van der Waals surface area contributed by atoms with Crippen molar-refractivity contribution in [1.82, 2.24) is 5.32 Å². The molecular weight excluding hydrogens is 185 g/mol. The molecule has 1 aromatic carbocycles. The Morgan fingerprint density at radius 1 is 1.43 bits per heavy atom. The molecule has 1 atom stereocenters. The Balaban J connectivity index is 2.49. The average molecular weight is 197 g/mol. The van der Waals surface area contributed by atoms with Crippen molar-refractivity contribution in [1.29, 1.82) is 0 Å². The summed E-state index contributed by atoms with van der Waals surface area (Å²) in [5.74, 6) is -0.743. The fourth-order valence-electron chi connectivity index (χ4n) is 1.87. The van der Waals surface area contributed by atoms with Crippen molar-refractivity contribution in [3.05, 3.63) is 29.6 Å². The highest BCUT2D eigenvalue weighted by atomic mass is 19.1. The Morgan fingerprint density at radius 2 is 2.21 bits per heavy atom. The van der Waals surface area contributed by atoms with Crippen LogP contribution in [0.3, 0.4) is 0 Å². The molecule has 1 fully saturated rings. The van der Waals surface area contributed by atoms with Gasteiger partial charge >= 0.3 is 0 Å². The van der Waals surface area contributed by atoms with Gasteiger partial charge in [0.25, 0.3) is 0 Å². The minimum absolute atomic E-state index is 0.00463. The van der Waals surface area contributed by atoms with Crippen LogP contribution in [0.4, 0.5) is 4.39 Å². The molecular formula is C10H12FNO2. The van der Waals surface area contributed by atoms with E-state index in [0.717, 1.165) is 0 Å². The van der Waals surface area contributed by atoms with E-state index in [0.29, 0.717) is 13.0 Å². The van der Waals surface area contributed by atoms with E-state index in [2.05, 4.69) is 5.32 Å². The summed E-state index contributed by atoms with van der Waals surface area (Å²) in [6.45, 7) is 0.908. The maximum absolute atomic E-state index is 13.4. The van der Waals surface area contributed by atoms with Crippen LogP contribution in [-0.2, 0) is 5.60 Å². The SMILES string of the molecule is Oc1cccc(F)c1C1(O)CCNC1. The van der Waals surface area contributed by atoms with Crippen LogP contribution in [0, 0.1) is 5.82 Å². The lowest BCUT2D eigenvalue weighted by atomic mass is 9.92. The Labute approximate surface area is 81.2 Å². The summed E-state index contributed by atoms with van der Waals surface area (Å²) in [6.07, 6.45) is 0.418. The lowest BCUT2D eigenvalue weighted by Gasteiger charge is -2.23. The second-order valence-corrected chi connectivity index (χ2v) is 3.59.